The molecular weight excluding hydrogens is 170 g/mol. The lowest BCUT2D eigenvalue weighted by Crippen LogP contribution is -2.11. The molecular formula is C9H13NOS. The molecule has 2 nitrogen and oxygen atoms in total. The number of carbonyl (C=O) groups is 1. The molecule has 1 rings (SSSR count). The normalized spacial score (nSPS) is 11.6. The second-order valence-electron chi connectivity index (χ2n) is 3.75. The van der Waals surface area contributed by atoms with E-state index in [1.807, 2.05) is 5.38 Å². The van der Waals surface area contributed by atoms with E-state index in [9.17, 15) is 4.79 Å². The molecule has 0 N–H and O–H groups in total. The molecule has 0 aliphatic rings. The summed E-state index contributed by atoms with van der Waals surface area (Å²) >= 11 is 1.56. The molecule has 1 aromatic heterocycles. The molecule has 0 atom stereocenters. The molecule has 0 radical (unpaired) electrons. The highest BCUT2D eigenvalue weighted by atomic mass is 32.1. The van der Waals surface area contributed by atoms with Crippen LogP contribution in [-0.2, 0) is 16.6 Å². The van der Waals surface area contributed by atoms with Crippen molar-refractivity contribution in [1.82, 2.24) is 4.98 Å². The molecule has 66 valence electrons. The van der Waals surface area contributed by atoms with Crippen LogP contribution in [0.4, 0.5) is 0 Å². The predicted octanol–water partition coefficient (Wildman–Crippen LogP) is 2.18. The summed E-state index contributed by atoms with van der Waals surface area (Å²) in [5.74, 6) is 0. The fraction of sp³-hybridized carbons (Fsp3) is 0.556. The van der Waals surface area contributed by atoms with Gasteiger partial charge in [0, 0.05) is 10.8 Å². The van der Waals surface area contributed by atoms with Crippen LogP contribution in [0.5, 0.6) is 0 Å². The first-order valence-corrected chi connectivity index (χ1v) is 4.80. The molecule has 0 fully saturated rings. The van der Waals surface area contributed by atoms with Crippen LogP contribution >= 0.6 is 11.3 Å². The van der Waals surface area contributed by atoms with Gasteiger partial charge < -0.3 is 4.79 Å². The topological polar surface area (TPSA) is 30.0 Å². The van der Waals surface area contributed by atoms with Gasteiger partial charge in [-0.3, -0.25) is 0 Å². The molecule has 0 spiro atoms. The molecule has 3 heteroatoms. The Hall–Kier alpha value is -0.700. The van der Waals surface area contributed by atoms with Crippen molar-refractivity contribution in [3.63, 3.8) is 0 Å². The van der Waals surface area contributed by atoms with E-state index in [-0.39, 0.29) is 5.41 Å². The van der Waals surface area contributed by atoms with Crippen LogP contribution in [0, 0.1) is 0 Å². The first-order chi connectivity index (χ1) is 5.54. The van der Waals surface area contributed by atoms with E-state index in [0.29, 0.717) is 6.42 Å². The largest absolute Gasteiger partial charge is 0.303 e. The van der Waals surface area contributed by atoms with Gasteiger partial charge in [-0.25, -0.2) is 4.98 Å². The predicted molar refractivity (Wildman–Crippen MR) is 50.6 cm³/mol. The van der Waals surface area contributed by atoms with Gasteiger partial charge in [0.1, 0.15) is 6.29 Å². The van der Waals surface area contributed by atoms with E-state index in [1.54, 1.807) is 11.3 Å². The molecule has 0 aromatic carbocycles. The van der Waals surface area contributed by atoms with Crippen LogP contribution in [0.25, 0.3) is 0 Å². The fourth-order valence-electron chi connectivity index (χ4n) is 0.820. The zero-order valence-corrected chi connectivity index (χ0v) is 8.44. The highest BCUT2D eigenvalue weighted by Gasteiger charge is 2.16. The van der Waals surface area contributed by atoms with E-state index in [1.165, 1.54) is 0 Å². The van der Waals surface area contributed by atoms with Crippen LogP contribution < -0.4 is 0 Å². The second kappa shape index (κ2) is 3.35. The summed E-state index contributed by atoms with van der Waals surface area (Å²) in [5, 5.41) is 2.94. The molecule has 12 heavy (non-hydrogen) atoms. The van der Waals surface area contributed by atoms with Crippen molar-refractivity contribution in [3.8, 4) is 0 Å². The molecule has 0 aliphatic carbocycles. The lowest BCUT2D eigenvalue weighted by atomic mass is 9.93. The van der Waals surface area contributed by atoms with Gasteiger partial charge in [-0.15, -0.1) is 11.3 Å². The van der Waals surface area contributed by atoms with Gasteiger partial charge in [-0.05, 0) is 0 Å². The van der Waals surface area contributed by atoms with Crippen molar-refractivity contribution in [2.75, 3.05) is 0 Å². The summed E-state index contributed by atoms with van der Waals surface area (Å²) in [6, 6.07) is 0. The Morgan fingerprint density at radius 2 is 2.25 bits per heavy atom. The van der Waals surface area contributed by atoms with Crippen LogP contribution in [0.15, 0.2) is 5.38 Å². The summed E-state index contributed by atoms with van der Waals surface area (Å²) < 4.78 is 0. The van der Waals surface area contributed by atoms with Crippen LogP contribution in [0.2, 0.25) is 0 Å². The standard InChI is InChI=1S/C9H13NOS/c1-9(2,3)7-6-12-8(10-7)4-5-11/h5-6H,4H2,1-3H3. The van der Waals surface area contributed by atoms with Gasteiger partial charge in [0.15, 0.2) is 0 Å². The third kappa shape index (κ3) is 2.14. The van der Waals surface area contributed by atoms with Crippen LogP contribution in [-0.4, -0.2) is 11.3 Å². The van der Waals surface area contributed by atoms with Crippen molar-refractivity contribution in [3.05, 3.63) is 16.1 Å². The Morgan fingerprint density at radius 3 is 2.67 bits per heavy atom. The molecule has 0 saturated carbocycles. The van der Waals surface area contributed by atoms with E-state index < -0.39 is 0 Å². The molecule has 0 aliphatic heterocycles. The van der Waals surface area contributed by atoms with Gasteiger partial charge in [0.25, 0.3) is 0 Å². The van der Waals surface area contributed by atoms with E-state index in [4.69, 9.17) is 0 Å². The van der Waals surface area contributed by atoms with Crippen LogP contribution in [0.3, 0.4) is 0 Å². The molecule has 0 amide bonds. The van der Waals surface area contributed by atoms with Crippen molar-refractivity contribution < 1.29 is 4.79 Å². The molecule has 0 unspecified atom stereocenters. The van der Waals surface area contributed by atoms with E-state index in [0.717, 1.165) is 17.0 Å². The number of rotatable bonds is 2. The number of nitrogens with zero attached hydrogens (tertiary/aromatic N) is 1. The average molecular weight is 183 g/mol. The minimum atomic E-state index is 0.0949. The number of hydrogen-bond acceptors (Lipinski definition) is 3. The lowest BCUT2D eigenvalue weighted by molar-refractivity contribution is -0.107. The first kappa shape index (κ1) is 9.39. The van der Waals surface area contributed by atoms with Gasteiger partial charge in [0.05, 0.1) is 17.1 Å². The third-order valence-electron chi connectivity index (χ3n) is 1.58. The smallest absolute Gasteiger partial charge is 0.126 e. The van der Waals surface area contributed by atoms with E-state index >= 15 is 0 Å². The van der Waals surface area contributed by atoms with Crippen molar-refractivity contribution in [2.45, 2.75) is 32.6 Å². The minimum absolute atomic E-state index is 0.0949. The Labute approximate surface area is 76.6 Å². The monoisotopic (exact) mass is 183 g/mol. The zero-order valence-electron chi connectivity index (χ0n) is 7.63. The highest BCUT2D eigenvalue weighted by molar-refractivity contribution is 7.09. The lowest BCUT2D eigenvalue weighted by Gasteiger charge is -2.13. The van der Waals surface area contributed by atoms with Gasteiger partial charge in [0.2, 0.25) is 0 Å². The number of aldehydes is 1. The Balaban J connectivity index is 2.84. The average Bonchev–Trinajstić information content (AvgIpc) is 2.35. The molecule has 1 aromatic rings. The first-order valence-electron chi connectivity index (χ1n) is 3.92. The summed E-state index contributed by atoms with van der Waals surface area (Å²) in [7, 11) is 0. The van der Waals surface area contributed by atoms with Gasteiger partial charge in [-0.2, -0.15) is 0 Å². The third-order valence-corrected chi connectivity index (χ3v) is 2.45. The van der Waals surface area contributed by atoms with Gasteiger partial charge >= 0.3 is 0 Å². The summed E-state index contributed by atoms with van der Waals surface area (Å²) in [5.41, 5.74) is 1.17. The fourth-order valence-corrected chi connectivity index (χ4v) is 1.79. The van der Waals surface area contributed by atoms with Crippen LogP contribution in [0.1, 0.15) is 31.5 Å². The van der Waals surface area contributed by atoms with Gasteiger partial charge in [-0.1, -0.05) is 20.8 Å². The number of thiazole rings is 1. The Bertz CT molecular complexity index is 272. The molecule has 0 saturated heterocycles. The second-order valence-corrected chi connectivity index (χ2v) is 4.69. The summed E-state index contributed by atoms with van der Waals surface area (Å²) in [6.07, 6.45) is 1.34. The Morgan fingerprint density at radius 1 is 1.58 bits per heavy atom. The van der Waals surface area contributed by atoms with Crippen molar-refractivity contribution in [1.29, 1.82) is 0 Å². The SMILES string of the molecule is CC(C)(C)c1csc(CC=O)n1. The highest BCUT2D eigenvalue weighted by Crippen LogP contribution is 2.23. The maximum absolute atomic E-state index is 10.2. The molecule has 1 heterocycles. The number of carbonyl (C=O) groups excluding carboxylic acids is 1. The summed E-state index contributed by atoms with van der Waals surface area (Å²) in [6.45, 7) is 6.35. The number of aromatic nitrogens is 1. The molecule has 0 bridgehead atoms. The summed E-state index contributed by atoms with van der Waals surface area (Å²) in [4.78, 5) is 14.6. The quantitative estimate of drug-likeness (QED) is 0.658. The zero-order chi connectivity index (χ0) is 9.19. The maximum atomic E-state index is 10.2. The van der Waals surface area contributed by atoms with Crippen molar-refractivity contribution >= 4 is 17.6 Å². The minimum Gasteiger partial charge on any atom is -0.303 e. The maximum Gasteiger partial charge on any atom is 0.126 e. The van der Waals surface area contributed by atoms with E-state index in [2.05, 4.69) is 25.8 Å². The number of hydrogen-bond donors (Lipinski definition) is 0. The Kier molecular flexibility index (Phi) is 2.62. The van der Waals surface area contributed by atoms with Crippen molar-refractivity contribution in [2.24, 2.45) is 0 Å².